The van der Waals surface area contributed by atoms with Crippen LogP contribution in [0.25, 0.3) is 0 Å². The molecule has 25 heavy (non-hydrogen) atoms. The van der Waals surface area contributed by atoms with Crippen LogP contribution in [0.2, 0.25) is 0 Å². The molecule has 2 N–H and O–H groups in total. The van der Waals surface area contributed by atoms with Crippen LogP contribution >= 0.6 is 11.8 Å². The van der Waals surface area contributed by atoms with Gasteiger partial charge in [-0.15, -0.1) is 11.8 Å². The number of aromatic nitrogens is 2. The Kier molecular flexibility index (Phi) is 6.02. The Morgan fingerprint density at radius 3 is 2.72 bits per heavy atom. The van der Waals surface area contributed by atoms with Crippen LogP contribution in [0.15, 0.2) is 52.6 Å². The zero-order chi connectivity index (χ0) is 17.5. The summed E-state index contributed by atoms with van der Waals surface area (Å²) in [6, 6.07) is 10.7. The Balaban J connectivity index is 1.37. The molecule has 1 heterocycles. The molecule has 0 bridgehead atoms. The van der Waals surface area contributed by atoms with Crippen LogP contribution in [0, 0.1) is 0 Å². The lowest BCUT2D eigenvalue weighted by atomic mass is 10.2. The normalized spacial score (nSPS) is 15.8. The van der Waals surface area contributed by atoms with Crippen molar-refractivity contribution in [2.45, 2.75) is 35.3 Å². The predicted molar refractivity (Wildman–Crippen MR) is 105 cm³/mol. The lowest BCUT2D eigenvalue weighted by molar-refractivity contribution is 0.727. The summed E-state index contributed by atoms with van der Waals surface area (Å²) in [6.45, 7) is 1.86. The first-order valence-corrected chi connectivity index (χ1v) is 9.67. The van der Waals surface area contributed by atoms with Gasteiger partial charge >= 0.3 is 0 Å². The second-order valence-corrected chi connectivity index (χ2v) is 8.12. The first kappa shape index (κ1) is 17.9. The molecule has 0 atom stereocenters. The monoisotopic (exact) mass is 357 g/mol. The maximum Gasteiger partial charge on any atom is 0.191 e. The molecule has 6 heteroatoms. The van der Waals surface area contributed by atoms with Crippen molar-refractivity contribution in [3.63, 3.8) is 0 Å². The molecule has 0 spiro atoms. The van der Waals surface area contributed by atoms with Crippen LogP contribution in [0.3, 0.4) is 0 Å². The summed E-state index contributed by atoms with van der Waals surface area (Å²) in [5.41, 5.74) is 1.28. The van der Waals surface area contributed by atoms with Crippen LogP contribution in [0.1, 0.15) is 24.8 Å². The Labute approximate surface area is 154 Å². The molecule has 0 unspecified atom stereocenters. The number of nitrogens with one attached hydrogen (secondary N) is 2. The molecule has 0 amide bonds. The van der Waals surface area contributed by atoms with Crippen LogP contribution in [0.5, 0.6) is 0 Å². The standard InChI is InChI=1S/C19H27N5S/c1-20-18(21-12-6-7-16-13-23-24(2)14-16)22-15-19(10-11-19)25-17-8-4-3-5-9-17/h3-5,8-9,13-14H,6-7,10-12,15H2,1-2H3,(H2,20,21,22). The van der Waals surface area contributed by atoms with E-state index in [1.54, 1.807) is 0 Å². The summed E-state index contributed by atoms with van der Waals surface area (Å²) < 4.78 is 2.18. The molecule has 1 aromatic heterocycles. The molecule has 2 aromatic rings. The number of guanidine groups is 1. The van der Waals surface area contributed by atoms with Crippen molar-refractivity contribution in [3.8, 4) is 0 Å². The van der Waals surface area contributed by atoms with Crippen molar-refractivity contribution in [1.29, 1.82) is 0 Å². The summed E-state index contributed by atoms with van der Waals surface area (Å²) >= 11 is 1.98. The van der Waals surface area contributed by atoms with E-state index in [1.807, 2.05) is 36.7 Å². The summed E-state index contributed by atoms with van der Waals surface area (Å²) in [4.78, 5) is 5.69. The summed E-state index contributed by atoms with van der Waals surface area (Å²) in [5.74, 6) is 0.895. The number of thioether (sulfide) groups is 1. The average Bonchev–Trinajstić information content (AvgIpc) is 3.26. The second-order valence-electron chi connectivity index (χ2n) is 6.58. The van der Waals surface area contributed by atoms with E-state index in [1.165, 1.54) is 23.3 Å². The minimum Gasteiger partial charge on any atom is -0.356 e. The smallest absolute Gasteiger partial charge is 0.191 e. The molecule has 5 nitrogen and oxygen atoms in total. The van der Waals surface area contributed by atoms with Crippen molar-refractivity contribution >= 4 is 17.7 Å². The molecule has 0 aliphatic heterocycles. The van der Waals surface area contributed by atoms with Gasteiger partial charge < -0.3 is 10.6 Å². The van der Waals surface area contributed by atoms with E-state index in [4.69, 9.17) is 0 Å². The number of nitrogens with zero attached hydrogens (tertiary/aromatic N) is 3. The highest BCUT2D eigenvalue weighted by molar-refractivity contribution is 8.01. The van der Waals surface area contributed by atoms with Gasteiger partial charge in [-0.1, -0.05) is 18.2 Å². The van der Waals surface area contributed by atoms with Crippen LogP contribution in [0.4, 0.5) is 0 Å². The van der Waals surface area contributed by atoms with E-state index in [0.717, 1.165) is 31.9 Å². The number of benzene rings is 1. The summed E-state index contributed by atoms with van der Waals surface area (Å²) in [6.07, 6.45) is 8.63. The van der Waals surface area contributed by atoms with Gasteiger partial charge in [-0.05, 0) is 43.4 Å². The third-order valence-corrected chi connectivity index (χ3v) is 5.87. The fourth-order valence-corrected chi connectivity index (χ4v) is 4.00. The SMILES string of the molecule is CN=C(NCCCc1cnn(C)c1)NCC1(Sc2ccccc2)CC1. The van der Waals surface area contributed by atoms with Gasteiger partial charge in [-0.2, -0.15) is 5.10 Å². The van der Waals surface area contributed by atoms with Crippen molar-refractivity contribution in [3.05, 3.63) is 48.3 Å². The van der Waals surface area contributed by atoms with E-state index in [0.29, 0.717) is 4.75 Å². The molecule has 0 radical (unpaired) electrons. The van der Waals surface area contributed by atoms with Crippen molar-refractivity contribution in [2.75, 3.05) is 20.1 Å². The van der Waals surface area contributed by atoms with E-state index in [2.05, 4.69) is 57.3 Å². The molecule has 1 aromatic carbocycles. The fourth-order valence-electron chi connectivity index (χ4n) is 2.76. The minimum absolute atomic E-state index is 0.328. The molecule has 134 valence electrons. The van der Waals surface area contributed by atoms with E-state index < -0.39 is 0 Å². The zero-order valence-corrected chi connectivity index (χ0v) is 15.9. The highest BCUT2D eigenvalue weighted by atomic mass is 32.2. The zero-order valence-electron chi connectivity index (χ0n) is 15.0. The Bertz CT molecular complexity index is 691. The van der Waals surface area contributed by atoms with E-state index >= 15 is 0 Å². The lowest BCUT2D eigenvalue weighted by Crippen LogP contribution is -2.41. The fraction of sp³-hybridized carbons (Fsp3) is 0.474. The number of hydrogen-bond acceptors (Lipinski definition) is 3. The Hall–Kier alpha value is -1.95. The van der Waals surface area contributed by atoms with Crippen LogP contribution in [-0.4, -0.2) is 40.6 Å². The predicted octanol–water partition coefficient (Wildman–Crippen LogP) is 2.84. The molecule has 0 saturated heterocycles. The first-order chi connectivity index (χ1) is 12.2. The van der Waals surface area contributed by atoms with Gasteiger partial charge in [0.1, 0.15) is 0 Å². The topological polar surface area (TPSA) is 54.2 Å². The first-order valence-electron chi connectivity index (χ1n) is 8.85. The lowest BCUT2D eigenvalue weighted by Gasteiger charge is -2.18. The second kappa shape index (κ2) is 8.43. The molecule has 1 saturated carbocycles. The van der Waals surface area contributed by atoms with Gasteiger partial charge in [0.05, 0.1) is 6.20 Å². The number of rotatable bonds is 8. The van der Waals surface area contributed by atoms with Gasteiger partial charge in [0.15, 0.2) is 5.96 Å². The number of aryl methyl sites for hydroxylation is 2. The Morgan fingerprint density at radius 2 is 2.08 bits per heavy atom. The maximum atomic E-state index is 4.34. The molecule has 1 fully saturated rings. The van der Waals surface area contributed by atoms with Gasteiger partial charge in [-0.3, -0.25) is 9.67 Å². The Morgan fingerprint density at radius 1 is 1.28 bits per heavy atom. The minimum atomic E-state index is 0.328. The molecular weight excluding hydrogens is 330 g/mol. The summed E-state index contributed by atoms with van der Waals surface area (Å²) in [5, 5.41) is 11.1. The van der Waals surface area contributed by atoms with Crippen LogP contribution in [-0.2, 0) is 13.5 Å². The van der Waals surface area contributed by atoms with Crippen molar-refractivity contribution < 1.29 is 0 Å². The van der Waals surface area contributed by atoms with Gasteiger partial charge in [0.25, 0.3) is 0 Å². The molecule has 1 aliphatic carbocycles. The molecule has 3 rings (SSSR count). The van der Waals surface area contributed by atoms with E-state index in [9.17, 15) is 0 Å². The quantitative estimate of drug-likeness (QED) is 0.433. The van der Waals surface area contributed by atoms with Gasteiger partial charge in [0.2, 0.25) is 0 Å². The average molecular weight is 358 g/mol. The highest BCUT2D eigenvalue weighted by Crippen LogP contribution is 2.51. The molecule has 1 aliphatic rings. The third-order valence-electron chi connectivity index (χ3n) is 4.38. The highest BCUT2D eigenvalue weighted by Gasteiger charge is 2.43. The largest absolute Gasteiger partial charge is 0.356 e. The van der Waals surface area contributed by atoms with Crippen molar-refractivity contribution in [2.24, 2.45) is 12.0 Å². The number of aliphatic imine (C=N–C) groups is 1. The van der Waals surface area contributed by atoms with Gasteiger partial charge in [0, 0.05) is 43.0 Å². The third kappa shape index (κ3) is 5.53. The maximum absolute atomic E-state index is 4.34. The van der Waals surface area contributed by atoms with Crippen molar-refractivity contribution in [1.82, 2.24) is 20.4 Å². The van der Waals surface area contributed by atoms with Gasteiger partial charge in [-0.25, -0.2) is 0 Å². The number of hydrogen-bond donors (Lipinski definition) is 2. The van der Waals surface area contributed by atoms with Crippen LogP contribution < -0.4 is 10.6 Å². The van der Waals surface area contributed by atoms with E-state index in [-0.39, 0.29) is 0 Å². The molecular formula is C19H27N5S. The summed E-state index contributed by atoms with van der Waals surface area (Å²) in [7, 11) is 3.79.